The van der Waals surface area contributed by atoms with Crippen molar-refractivity contribution in [3.05, 3.63) is 77.4 Å². The summed E-state index contributed by atoms with van der Waals surface area (Å²) in [6.07, 6.45) is 3.54. The third-order valence-corrected chi connectivity index (χ3v) is 2.67. The zero-order valence-corrected chi connectivity index (χ0v) is 10.6. The zero-order valence-electron chi connectivity index (χ0n) is 10.6. The molecule has 2 nitrogen and oxygen atoms in total. The Morgan fingerprint density at radius 1 is 0.950 bits per heavy atom. The smallest absolute Gasteiger partial charge is 0.251 e. The molecule has 1 N–H and O–H groups in total. The Kier molecular flexibility index (Phi) is 4.60. The number of nitrogens with one attached hydrogen (secondary N) is 1. The van der Waals surface area contributed by atoms with Crippen molar-refractivity contribution in [1.82, 2.24) is 5.32 Å². The van der Waals surface area contributed by atoms with Gasteiger partial charge in [0.15, 0.2) is 0 Å². The number of amides is 1. The van der Waals surface area contributed by atoms with Crippen LogP contribution >= 0.6 is 0 Å². The molecule has 0 saturated carbocycles. The standard InChI is InChI=1S/C16H13F2NO/c17-14-7-3-12(4-8-14)2-1-11-19-16(20)13-5-9-15(18)10-6-13/h1-10H,11H2,(H,19,20)/b2-1+. The summed E-state index contributed by atoms with van der Waals surface area (Å²) in [4.78, 5) is 11.7. The minimum atomic E-state index is -0.377. The summed E-state index contributed by atoms with van der Waals surface area (Å²) in [7, 11) is 0. The van der Waals surface area contributed by atoms with E-state index in [2.05, 4.69) is 5.32 Å². The lowest BCUT2D eigenvalue weighted by Gasteiger charge is -2.02. The van der Waals surface area contributed by atoms with E-state index in [0.29, 0.717) is 12.1 Å². The molecule has 102 valence electrons. The van der Waals surface area contributed by atoms with Crippen LogP contribution in [-0.4, -0.2) is 12.5 Å². The predicted octanol–water partition coefficient (Wildman–Crippen LogP) is 3.41. The topological polar surface area (TPSA) is 29.1 Å². The summed E-state index contributed by atoms with van der Waals surface area (Å²) in [5.74, 6) is -0.932. The number of benzene rings is 2. The van der Waals surface area contributed by atoms with Crippen LogP contribution in [0.25, 0.3) is 6.08 Å². The van der Waals surface area contributed by atoms with E-state index in [9.17, 15) is 13.6 Å². The number of hydrogen-bond donors (Lipinski definition) is 1. The van der Waals surface area contributed by atoms with Crippen molar-refractivity contribution < 1.29 is 13.6 Å². The molecule has 2 aromatic carbocycles. The molecular weight excluding hydrogens is 260 g/mol. The first-order valence-electron chi connectivity index (χ1n) is 6.11. The van der Waals surface area contributed by atoms with E-state index in [-0.39, 0.29) is 17.5 Å². The van der Waals surface area contributed by atoms with Crippen LogP contribution in [0.2, 0.25) is 0 Å². The van der Waals surface area contributed by atoms with E-state index in [1.807, 2.05) is 0 Å². The van der Waals surface area contributed by atoms with E-state index >= 15 is 0 Å². The van der Waals surface area contributed by atoms with Crippen LogP contribution in [0.3, 0.4) is 0 Å². The first kappa shape index (κ1) is 13.9. The van der Waals surface area contributed by atoms with Crippen LogP contribution in [0.15, 0.2) is 54.6 Å². The molecule has 0 heterocycles. The van der Waals surface area contributed by atoms with Gasteiger partial charge in [-0.15, -0.1) is 0 Å². The van der Waals surface area contributed by atoms with Crippen molar-refractivity contribution in [2.24, 2.45) is 0 Å². The molecule has 0 aliphatic rings. The van der Waals surface area contributed by atoms with Gasteiger partial charge < -0.3 is 5.32 Å². The van der Waals surface area contributed by atoms with E-state index in [0.717, 1.165) is 5.56 Å². The van der Waals surface area contributed by atoms with Crippen LogP contribution < -0.4 is 5.32 Å². The van der Waals surface area contributed by atoms with Crippen molar-refractivity contribution in [3.63, 3.8) is 0 Å². The van der Waals surface area contributed by atoms with Crippen molar-refractivity contribution in [2.75, 3.05) is 6.54 Å². The van der Waals surface area contributed by atoms with Gasteiger partial charge in [-0.1, -0.05) is 24.3 Å². The Labute approximate surface area is 115 Å². The fraction of sp³-hybridized carbons (Fsp3) is 0.0625. The van der Waals surface area contributed by atoms with Crippen LogP contribution in [0.4, 0.5) is 8.78 Å². The number of halogens is 2. The number of carbonyl (C=O) groups excluding carboxylic acids is 1. The molecule has 2 rings (SSSR count). The highest BCUT2D eigenvalue weighted by molar-refractivity contribution is 5.94. The Morgan fingerprint density at radius 3 is 2.10 bits per heavy atom. The molecule has 0 saturated heterocycles. The monoisotopic (exact) mass is 273 g/mol. The lowest BCUT2D eigenvalue weighted by atomic mass is 10.2. The molecule has 1 amide bonds. The molecule has 0 spiro atoms. The molecule has 20 heavy (non-hydrogen) atoms. The maximum atomic E-state index is 12.7. The van der Waals surface area contributed by atoms with Crippen LogP contribution in [0.5, 0.6) is 0 Å². The summed E-state index contributed by atoms with van der Waals surface area (Å²) in [6.45, 7) is 0.341. The van der Waals surface area contributed by atoms with Crippen molar-refractivity contribution in [1.29, 1.82) is 0 Å². The van der Waals surface area contributed by atoms with E-state index < -0.39 is 0 Å². The molecule has 0 unspecified atom stereocenters. The van der Waals surface area contributed by atoms with Gasteiger partial charge in [0.25, 0.3) is 5.91 Å². The molecule has 0 atom stereocenters. The Hall–Kier alpha value is -2.49. The highest BCUT2D eigenvalue weighted by Gasteiger charge is 2.03. The second kappa shape index (κ2) is 6.61. The Morgan fingerprint density at radius 2 is 1.50 bits per heavy atom. The lowest BCUT2D eigenvalue weighted by molar-refractivity contribution is 0.0958. The van der Waals surface area contributed by atoms with Gasteiger partial charge >= 0.3 is 0 Å². The van der Waals surface area contributed by atoms with Gasteiger partial charge in [0.2, 0.25) is 0 Å². The fourth-order valence-corrected chi connectivity index (χ4v) is 1.62. The average Bonchev–Trinajstić information content (AvgIpc) is 2.46. The Bertz CT molecular complexity index is 603. The van der Waals surface area contributed by atoms with Crippen LogP contribution in [0, 0.1) is 11.6 Å². The first-order valence-corrected chi connectivity index (χ1v) is 6.11. The minimum absolute atomic E-state index is 0.270. The quantitative estimate of drug-likeness (QED) is 0.908. The summed E-state index contributed by atoms with van der Waals surface area (Å²) in [5, 5.41) is 2.68. The highest BCUT2D eigenvalue weighted by atomic mass is 19.1. The summed E-state index contributed by atoms with van der Waals surface area (Å²) >= 11 is 0. The van der Waals surface area contributed by atoms with E-state index in [4.69, 9.17) is 0 Å². The van der Waals surface area contributed by atoms with Gasteiger partial charge in [-0.3, -0.25) is 4.79 Å². The van der Waals surface area contributed by atoms with E-state index in [1.165, 1.54) is 36.4 Å². The van der Waals surface area contributed by atoms with Crippen molar-refractivity contribution >= 4 is 12.0 Å². The maximum Gasteiger partial charge on any atom is 0.251 e. The maximum absolute atomic E-state index is 12.7. The molecule has 4 heteroatoms. The van der Waals surface area contributed by atoms with Gasteiger partial charge in [0.1, 0.15) is 11.6 Å². The summed E-state index contributed by atoms with van der Waals surface area (Å²) in [6, 6.07) is 11.4. The summed E-state index contributed by atoms with van der Waals surface area (Å²) < 4.78 is 25.4. The number of rotatable bonds is 4. The average molecular weight is 273 g/mol. The van der Waals surface area contributed by atoms with Gasteiger partial charge in [0.05, 0.1) is 0 Å². The van der Waals surface area contributed by atoms with Crippen LogP contribution in [-0.2, 0) is 0 Å². The van der Waals surface area contributed by atoms with Gasteiger partial charge in [-0.2, -0.15) is 0 Å². The SMILES string of the molecule is O=C(NC/C=C/c1ccc(F)cc1)c1ccc(F)cc1. The minimum Gasteiger partial charge on any atom is -0.349 e. The van der Waals surface area contributed by atoms with Crippen molar-refractivity contribution in [3.8, 4) is 0 Å². The normalized spacial score (nSPS) is 10.7. The Balaban J connectivity index is 1.85. The molecule has 0 fully saturated rings. The molecule has 2 aromatic rings. The fourth-order valence-electron chi connectivity index (χ4n) is 1.62. The molecular formula is C16H13F2NO. The second-order valence-corrected chi connectivity index (χ2v) is 4.17. The molecule has 0 radical (unpaired) electrons. The number of hydrogen-bond acceptors (Lipinski definition) is 1. The van der Waals surface area contributed by atoms with E-state index in [1.54, 1.807) is 24.3 Å². The molecule has 0 aromatic heterocycles. The largest absolute Gasteiger partial charge is 0.349 e. The molecule has 0 aliphatic carbocycles. The zero-order chi connectivity index (χ0) is 14.4. The van der Waals surface area contributed by atoms with Gasteiger partial charge in [-0.25, -0.2) is 8.78 Å². The third-order valence-electron chi connectivity index (χ3n) is 2.67. The van der Waals surface area contributed by atoms with Crippen LogP contribution in [0.1, 0.15) is 15.9 Å². The number of carbonyl (C=O) groups is 1. The second-order valence-electron chi connectivity index (χ2n) is 4.17. The highest BCUT2D eigenvalue weighted by Crippen LogP contribution is 2.05. The third kappa shape index (κ3) is 4.02. The van der Waals surface area contributed by atoms with Gasteiger partial charge in [0, 0.05) is 12.1 Å². The first-order chi connectivity index (χ1) is 9.65. The molecule has 0 aliphatic heterocycles. The molecule has 0 bridgehead atoms. The lowest BCUT2D eigenvalue weighted by Crippen LogP contribution is -2.23. The van der Waals surface area contributed by atoms with Crippen molar-refractivity contribution in [2.45, 2.75) is 0 Å². The predicted molar refractivity (Wildman–Crippen MR) is 74.2 cm³/mol. The summed E-state index contributed by atoms with van der Waals surface area (Å²) in [5.41, 5.74) is 1.25. The van der Waals surface area contributed by atoms with Gasteiger partial charge in [-0.05, 0) is 42.0 Å².